The normalized spacial score (nSPS) is 40.6. The van der Waals surface area contributed by atoms with Crippen molar-refractivity contribution in [2.24, 2.45) is 22.7 Å². The van der Waals surface area contributed by atoms with Crippen LogP contribution in [-0.2, 0) is 52.5 Å². The number of nitrogens with one attached hydrogen (secondary N) is 1. The smallest absolute Gasteiger partial charge is 0.338 e. The first kappa shape index (κ1) is 44.2. The molecule has 0 aromatic rings. The van der Waals surface area contributed by atoms with Crippen LogP contribution in [0.3, 0.4) is 0 Å². The van der Waals surface area contributed by atoms with E-state index in [0.717, 1.165) is 6.92 Å². The largest absolute Gasteiger partial charge is 0.459 e. The van der Waals surface area contributed by atoms with Crippen molar-refractivity contribution in [2.45, 2.75) is 161 Å². The second-order valence-corrected chi connectivity index (χ2v) is 17.6. The van der Waals surface area contributed by atoms with E-state index < -0.39 is 113 Å². The molecule has 3 aliphatic carbocycles. The molecule has 5 aliphatic rings. The number of ether oxygens (including phenoxy) is 5. The number of hydrogen-bond donors (Lipinski definition) is 4. The van der Waals surface area contributed by atoms with Crippen molar-refractivity contribution in [3.63, 3.8) is 0 Å². The molecule has 4 N–H and O–H groups in total. The highest BCUT2D eigenvalue weighted by Gasteiger charge is 2.78. The van der Waals surface area contributed by atoms with Crippen molar-refractivity contribution in [3.05, 3.63) is 34.9 Å². The first-order valence-corrected chi connectivity index (χ1v) is 19.8. The minimum absolute atomic E-state index is 0.0432. The van der Waals surface area contributed by atoms with E-state index in [4.69, 9.17) is 23.7 Å². The summed E-state index contributed by atoms with van der Waals surface area (Å²) in [5.74, 6) is -6.47. The molecule has 2 saturated carbocycles. The Labute approximate surface area is 333 Å². The highest BCUT2D eigenvalue weighted by atomic mass is 16.6. The summed E-state index contributed by atoms with van der Waals surface area (Å²) in [4.78, 5) is 82.3. The quantitative estimate of drug-likeness (QED) is 0.183. The summed E-state index contributed by atoms with van der Waals surface area (Å²) < 4.78 is 30.2. The van der Waals surface area contributed by atoms with E-state index in [-0.39, 0.29) is 42.9 Å². The standard InChI is InChI=1S/C42H59NO14/c1-21(2)16-26-33(49)38(51)55-27-19-42(52)37(56-31(48)17-22(3)14-12-10-11-13-15-30(47)43-26)35-40(9,28(46)18-29-41(35,20-53-29)57-25(6)45)36(50)34(54-24(5)44)32(23(27)4)39(42,7)8/h10-11,16,22,26-29,33-35,37,46,49,52H,12-15,17-20H2,1-9H3,(H,43,47)/b11-10+/t22-,26-,27-,28-,29+,33+,34+,35-,37-,40+,41-,42?/m0/s1. The maximum Gasteiger partial charge on any atom is 0.338 e. The van der Waals surface area contributed by atoms with Crippen LogP contribution in [0.15, 0.2) is 34.9 Å². The Bertz CT molecular complexity index is 1740. The molecule has 15 nitrogen and oxygen atoms in total. The molecule has 1 amide bonds. The van der Waals surface area contributed by atoms with Gasteiger partial charge in [-0.25, -0.2) is 4.79 Å². The molecular weight excluding hydrogens is 742 g/mol. The van der Waals surface area contributed by atoms with Gasteiger partial charge in [-0.05, 0) is 64.0 Å². The molecular formula is C42H59NO14. The summed E-state index contributed by atoms with van der Waals surface area (Å²) in [5.41, 5.74) is -6.65. The minimum Gasteiger partial charge on any atom is -0.459 e. The number of esters is 4. The monoisotopic (exact) mass is 801 g/mol. The third-order valence-corrected chi connectivity index (χ3v) is 12.9. The number of Topliss-reactive ketones (excluding diaryl/α,β-unsaturated/α-hetero) is 1. The summed E-state index contributed by atoms with van der Waals surface area (Å²) in [7, 11) is 0. The number of rotatable bonds is 3. The van der Waals surface area contributed by atoms with Gasteiger partial charge in [0.05, 0.1) is 30.1 Å². The average Bonchev–Trinajstić information content (AvgIpc) is 3.09. The van der Waals surface area contributed by atoms with Gasteiger partial charge in [0, 0.05) is 44.9 Å². The van der Waals surface area contributed by atoms with Crippen molar-refractivity contribution in [1.29, 1.82) is 0 Å². The van der Waals surface area contributed by atoms with Gasteiger partial charge in [0.1, 0.15) is 23.9 Å². The fourth-order valence-electron chi connectivity index (χ4n) is 9.85. The zero-order chi connectivity index (χ0) is 42.4. The molecule has 12 atom stereocenters. The fraction of sp³-hybridized carbons (Fsp3) is 0.714. The fourth-order valence-corrected chi connectivity index (χ4v) is 9.85. The van der Waals surface area contributed by atoms with Crippen LogP contribution in [0.2, 0.25) is 0 Å². The molecule has 1 unspecified atom stereocenters. The molecule has 0 radical (unpaired) electrons. The van der Waals surface area contributed by atoms with Crippen LogP contribution in [0.5, 0.6) is 0 Å². The predicted molar refractivity (Wildman–Crippen MR) is 202 cm³/mol. The lowest BCUT2D eigenvalue weighted by Gasteiger charge is -2.67. The van der Waals surface area contributed by atoms with Crippen molar-refractivity contribution in [3.8, 4) is 0 Å². The van der Waals surface area contributed by atoms with Gasteiger partial charge in [0.15, 0.2) is 23.6 Å². The molecule has 5 rings (SSSR count). The lowest BCUT2D eigenvalue weighted by molar-refractivity contribution is -0.347. The number of carbonyl (C=O) groups is 6. The van der Waals surface area contributed by atoms with Gasteiger partial charge in [-0.15, -0.1) is 0 Å². The van der Waals surface area contributed by atoms with E-state index in [1.54, 1.807) is 34.6 Å². The Balaban J connectivity index is 1.78. The van der Waals surface area contributed by atoms with E-state index in [1.165, 1.54) is 19.9 Å². The van der Waals surface area contributed by atoms with Crippen molar-refractivity contribution in [2.75, 3.05) is 6.61 Å². The predicted octanol–water partition coefficient (Wildman–Crippen LogP) is 2.86. The van der Waals surface area contributed by atoms with Gasteiger partial charge in [-0.2, -0.15) is 0 Å². The van der Waals surface area contributed by atoms with Gasteiger partial charge in [0.25, 0.3) is 0 Å². The topological polar surface area (TPSA) is 221 Å². The number of aliphatic hydroxyl groups excluding tert-OH is 2. The van der Waals surface area contributed by atoms with Crippen LogP contribution in [-0.4, -0.2) is 111 Å². The molecule has 2 heterocycles. The van der Waals surface area contributed by atoms with Crippen LogP contribution in [0.4, 0.5) is 0 Å². The Morgan fingerprint density at radius 3 is 2.25 bits per heavy atom. The number of aliphatic hydroxyl groups is 3. The highest BCUT2D eigenvalue weighted by molar-refractivity contribution is 5.95. The first-order chi connectivity index (χ1) is 26.5. The number of fused-ring (bicyclic) bond motifs is 6. The van der Waals surface area contributed by atoms with E-state index >= 15 is 4.79 Å². The van der Waals surface area contributed by atoms with Crippen molar-refractivity contribution >= 4 is 35.6 Å². The molecule has 0 aromatic carbocycles. The molecule has 0 aromatic heterocycles. The van der Waals surface area contributed by atoms with Crippen LogP contribution in [0.25, 0.3) is 0 Å². The van der Waals surface area contributed by atoms with Gasteiger partial charge in [-0.1, -0.05) is 44.6 Å². The van der Waals surface area contributed by atoms with Crippen LogP contribution in [0, 0.1) is 22.7 Å². The van der Waals surface area contributed by atoms with Crippen LogP contribution >= 0.6 is 0 Å². The van der Waals surface area contributed by atoms with E-state index in [2.05, 4.69) is 5.32 Å². The Morgan fingerprint density at radius 1 is 0.982 bits per heavy atom. The molecule has 2 aliphatic heterocycles. The number of allylic oxidation sites excluding steroid dienone is 3. The van der Waals surface area contributed by atoms with E-state index in [0.29, 0.717) is 24.8 Å². The second-order valence-electron chi connectivity index (χ2n) is 17.6. The average molecular weight is 802 g/mol. The summed E-state index contributed by atoms with van der Waals surface area (Å²) in [6.45, 7) is 13.5. The second kappa shape index (κ2) is 16.4. The Morgan fingerprint density at radius 2 is 1.65 bits per heavy atom. The Kier molecular flexibility index (Phi) is 12.7. The molecule has 316 valence electrons. The highest BCUT2D eigenvalue weighted by Crippen LogP contribution is 2.64. The molecule has 0 spiro atoms. The van der Waals surface area contributed by atoms with Crippen LogP contribution in [0.1, 0.15) is 107 Å². The molecule has 57 heavy (non-hydrogen) atoms. The van der Waals surface area contributed by atoms with Crippen LogP contribution < -0.4 is 5.32 Å². The molecule has 3 bridgehead atoms. The summed E-state index contributed by atoms with van der Waals surface area (Å²) in [6, 6.07) is -1.19. The van der Waals surface area contributed by atoms with Crippen molar-refractivity contribution < 1.29 is 67.8 Å². The number of ketones is 1. The zero-order valence-electron chi connectivity index (χ0n) is 34.4. The maximum atomic E-state index is 15.4. The lowest BCUT2D eigenvalue weighted by Crippen LogP contribution is -2.82. The zero-order valence-corrected chi connectivity index (χ0v) is 34.4. The van der Waals surface area contributed by atoms with Crippen molar-refractivity contribution in [1.82, 2.24) is 5.32 Å². The SMILES string of the molecule is CC(=O)O[C@H]1C(=O)[C@@]2(C)[C@H]([C@@H]3OC(=O)C[C@@H](C)CC/C=C/CCC(=O)N[C@@H](C=C(C)C)[C@@H](O)C(=O)O[C@H]4CC3(O)C(C)(C)C1=C4C)[C@]1(OC(C)=O)CO[C@@H]1C[C@@H]2O. The van der Waals surface area contributed by atoms with Gasteiger partial charge < -0.3 is 44.3 Å². The molecule has 1 saturated heterocycles. The molecule has 15 heteroatoms. The van der Waals surface area contributed by atoms with E-state index in [1.807, 2.05) is 19.1 Å². The number of hydrogen-bond acceptors (Lipinski definition) is 14. The number of amides is 1. The third-order valence-electron chi connectivity index (χ3n) is 12.9. The lowest BCUT2D eigenvalue weighted by atomic mass is 9.44. The maximum absolute atomic E-state index is 15.4. The summed E-state index contributed by atoms with van der Waals surface area (Å²) >= 11 is 0. The third kappa shape index (κ3) is 7.96. The van der Waals surface area contributed by atoms with Gasteiger partial charge in [0.2, 0.25) is 5.91 Å². The Hall–Kier alpha value is -3.92. The van der Waals surface area contributed by atoms with Gasteiger partial charge in [-0.3, -0.25) is 24.0 Å². The first-order valence-electron chi connectivity index (χ1n) is 19.8. The summed E-state index contributed by atoms with van der Waals surface area (Å²) in [6.07, 6.45) is -3.24. The summed E-state index contributed by atoms with van der Waals surface area (Å²) in [5, 5.41) is 39.7. The minimum atomic E-state index is -2.30. The number of carbonyl (C=O) groups excluding carboxylic acids is 6. The van der Waals surface area contributed by atoms with E-state index in [9.17, 15) is 39.3 Å². The molecule has 3 fully saturated rings. The van der Waals surface area contributed by atoms with Gasteiger partial charge >= 0.3 is 23.9 Å².